The molecule has 3 N–H and O–H groups in total. The molecule has 0 unspecified atom stereocenters. The molecule has 1 aliphatic carbocycles. The molecular formula is C30H36ClF3N4O5. The normalized spacial score (nSPS) is 17.5. The minimum absolute atomic E-state index is 0.0934. The molecule has 13 heteroatoms. The molecule has 234 valence electrons. The summed E-state index contributed by atoms with van der Waals surface area (Å²) in [6.07, 6.45) is 5.55. The summed E-state index contributed by atoms with van der Waals surface area (Å²) in [6.45, 7) is 0.946. The van der Waals surface area contributed by atoms with Crippen molar-refractivity contribution in [3.05, 3.63) is 64.9 Å². The fraction of sp³-hybridized carbons (Fsp3) is 0.500. The van der Waals surface area contributed by atoms with E-state index in [9.17, 15) is 27.6 Å². The van der Waals surface area contributed by atoms with Crippen molar-refractivity contribution in [2.75, 3.05) is 13.1 Å². The number of aromatic nitrogens is 1. The Balaban J connectivity index is 0.000000646. The molecule has 2 heterocycles. The molecule has 0 bridgehead atoms. The molecule has 1 saturated carbocycles. The highest BCUT2D eigenvalue weighted by molar-refractivity contribution is 6.31. The van der Waals surface area contributed by atoms with E-state index in [4.69, 9.17) is 21.5 Å². The molecule has 0 spiro atoms. The van der Waals surface area contributed by atoms with E-state index in [0.717, 1.165) is 43.2 Å². The lowest BCUT2D eigenvalue weighted by Gasteiger charge is -2.29. The molecule has 2 aliphatic rings. The third-order valence-electron chi connectivity index (χ3n) is 7.48. The van der Waals surface area contributed by atoms with Crippen molar-refractivity contribution < 1.29 is 37.5 Å². The van der Waals surface area contributed by atoms with Crippen LogP contribution < -0.4 is 10.6 Å². The average molecular weight is 625 g/mol. The lowest BCUT2D eigenvalue weighted by Crippen LogP contribution is -2.54. The van der Waals surface area contributed by atoms with Gasteiger partial charge >= 0.3 is 12.1 Å². The van der Waals surface area contributed by atoms with Crippen molar-refractivity contribution in [2.45, 2.75) is 76.0 Å². The number of hydrogen-bond acceptors (Lipinski definition) is 5. The Morgan fingerprint density at radius 2 is 1.74 bits per heavy atom. The molecule has 9 nitrogen and oxygen atoms in total. The van der Waals surface area contributed by atoms with Gasteiger partial charge < -0.3 is 20.6 Å². The van der Waals surface area contributed by atoms with Crippen LogP contribution in [0, 0.1) is 5.92 Å². The highest BCUT2D eigenvalue weighted by Crippen LogP contribution is 2.27. The minimum Gasteiger partial charge on any atom is -0.475 e. The highest BCUT2D eigenvalue weighted by atomic mass is 35.5. The summed E-state index contributed by atoms with van der Waals surface area (Å²) < 4.78 is 31.7. The molecule has 1 aromatic heterocycles. The predicted molar refractivity (Wildman–Crippen MR) is 153 cm³/mol. The Bertz CT molecular complexity index is 1240. The topological polar surface area (TPSA) is 129 Å². The van der Waals surface area contributed by atoms with Crippen LogP contribution in [0.2, 0.25) is 5.02 Å². The van der Waals surface area contributed by atoms with Crippen molar-refractivity contribution >= 4 is 35.3 Å². The molecule has 43 heavy (non-hydrogen) atoms. The second-order valence-electron chi connectivity index (χ2n) is 10.7. The first kappa shape index (κ1) is 33.8. The molecular weight excluding hydrogens is 589 g/mol. The van der Waals surface area contributed by atoms with Crippen LogP contribution in [0.25, 0.3) is 0 Å². The van der Waals surface area contributed by atoms with Gasteiger partial charge in [-0.25, -0.2) is 4.79 Å². The van der Waals surface area contributed by atoms with Gasteiger partial charge in [-0.05, 0) is 61.3 Å². The number of carbonyl (C=O) groups excluding carboxylic acids is 3. The van der Waals surface area contributed by atoms with E-state index in [1.54, 1.807) is 17.3 Å². The first-order valence-corrected chi connectivity index (χ1v) is 14.6. The Kier molecular flexibility index (Phi) is 12.8. The quantitative estimate of drug-likeness (QED) is 0.361. The predicted octanol–water partition coefficient (Wildman–Crippen LogP) is 4.33. The number of carboxylic acid groups (broad SMARTS) is 1. The smallest absolute Gasteiger partial charge is 0.475 e. The van der Waals surface area contributed by atoms with Crippen LogP contribution in [-0.2, 0) is 32.0 Å². The third-order valence-corrected chi connectivity index (χ3v) is 7.85. The zero-order chi connectivity index (χ0) is 31.4. The Hall–Kier alpha value is -3.67. The molecule has 3 amide bonds. The second kappa shape index (κ2) is 16.3. The van der Waals surface area contributed by atoms with Gasteiger partial charge in [-0.1, -0.05) is 48.7 Å². The van der Waals surface area contributed by atoms with Crippen LogP contribution in [0.1, 0.15) is 56.1 Å². The number of carboxylic acids is 1. The Labute approximate surface area is 253 Å². The summed E-state index contributed by atoms with van der Waals surface area (Å²) in [4.78, 5) is 54.2. The number of rotatable bonds is 10. The zero-order valence-corrected chi connectivity index (χ0v) is 24.4. The van der Waals surface area contributed by atoms with E-state index in [1.165, 1.54) is 0 Å². The van der Waals surface area contributed by atoms with Gasteiger partial charge in [0, 0.05) is 43.3 Å². The fourth-order valence-corrected chi connectivity index (χ4v) is 5.56. The van der Waals surface area contributed by atoms with Gasteiger partial charge in [0.25, 0.3) is 0 Å². The van der Waals surface area contributed by atoms with Crippen LogP contribution in [-0.4, -0.2) is 70.0 Å². The maximum atomic E-state index is 13.7. The SMILES string of the molecule is O=C(CC1CCCC1)N[C@@H](Cc1cccnc1)C(=O)N1CCC[C@H]1C(=O)NCCc1ccccc1Cl.O=C(O)C(F)(F)F. The lowest BCUT2D eigenvalue weighted by molar-refractivity contribution is -0.192. The van der Waals surface area contributed by atoms with E-state index in [0.29, 0.717) is 49.7 Å². The summed E-state index contributed by atoms with van der Waals surface area (Å²) in [5.74, 6) is -2.83. The largest absolute Gasteiger partial charge is 0.490 e. The maximum Gasteiger partial charge on any atom is 0.490 e. The van der Waals surface area contributed by atoms with Gasteiger partial charge in [-0.15, -0.1) is 0 Å². The second-order valence-corrected chi connectivity index (χ2v) is 11.1. The number of alkyl halides is 3. The van der Waals surface area contributed by atoms with Crippen molar-refractivity contribution in [1.82, 2.24) is 20.5 Å². The summed E-state index contributed by atoms with van der Waals surface area (Å²) in [6, 6.07) is 10.0. The van der Waals surface area contributed by atoms with Gasteiger partial charge in [0.2, 0.25) is 17.7 Å². The number of amides is 3. The number of nitrogens with zero attached hydrogens (tertiary/aromatic N) is 2. The minimum atomic E-state index is -5.08. The van der Waals surface area contributed by atoms with Crippen LogP contribution in [0.4, 0.5) is 13.2 Å². The van der Waals surface area contributed by atoms with E-state index in [2.05, 4.69) is 15.6 Å². The molecule has 4 rings (SSSR count). The first-order valence-electron chi connectivity index (χ1n) is 14.3. The van der Waals surface area contributed by atoms with Crippen LogP contribution in [0.15, 0.2) is 48.8 Å². The molecule has 1 saturated heterocycles. The van der Waals surface area contributed by atoms with E-state index in [-0.39, 0.29) is 17.7 Å². The number of likely N-dealkylation sites (tertiary alicyclic amines) is 1. The number of aliphatic carboxylic acids is 1. The van der Waals surface area contributed by atoms with E-state index in [1.807, 2.05) is 36.4 Å². The Morgan fingerprint density at radius 3 is 2.37 bits per heavy atom. The number of carbonyl (C=O) groups is 4. The number of benzene rings is 1. The van der Waals surface area contributed by atoms with Gasteiger partial charge in [0.05, 0.1) is 0 Å². The number of pyridine rings is 1. The maximum absolute atomic E-state index is 13.7. The number of halogens is 4. The standard InChI is InChI=1S/C28H35ClN4O3.C2HF3O2/c29-23-11-4-3-10-22(23)13-15-31-27(35)25-12-6-16-33(25)28(36)24(17-21-9-5-14-30-19-21)32-26(34)18-20-7-1-2-8-20;3-2(4,5)1(6)7/h3-5,9-11,14,19-20,24-25H,1-2,6-8,12-13,15-18H2,(H,31,35)(H,32,34);(H,6,7)/t24-,25-;/m0./s1. The number of nitrogens with one attached hydrogen (secondary N) is 2. The van der Waals surface area contributed by atoms with Crippen molar-refractivity contribution in [3.63, 3.8) is 0 Å². The van der Waals surface area contributed by atoms with E-state index >= 15 is 0 Å². The van der Waals surface area contributed by atoms with Gasteiger partial charge in [0.1, 0.15) is 12.1 Å². The van der Waals surface area contributed by atoms with Crippen molar-refractivity contribution in [3.8, 4) is 0 Å². The Morgan fingerprint density at radius 1 is 1.05 bits per heavy atom. The molecule has 0 radical (unpaired) electrons. The first-order chi connectivity index (χ1) is 20.5. The molecule has 2 atom stereocenters. The van der Waals surface area contributed by atoms with Gasteiger partial charge in [-0.2, -0.15) is 13.2 Å². The molecule has 1 aromatic carbocycles. The summed E-state index contributed by atoms with van der Waals surface area (Å²) in [5, 5.41) is 13.8. The third kappa shape index (κ3) is 10.8. The average Bonchev–Trinajstić information content (AvgIpc) is 3.66. The van der Waals surface area contributed by atoms with Crippen molar-refractivity contribution in [2.24, 2.45) is 5.92 Å². The van der Waals surface area contributed by atoms with Gasteiger partial charge in [0.15, 0.2) is 0 Å². The molecule has 1 aliphatic heterocycles. The monoisotopic (exact) mass is 624 g/mol. The van der Waals surface area contributed by atoms with Crippen LogP contribution in [0.3, 0.4) is 0 Å². The van der Waals surface area contributed by atoms with Crippen LogP contribution in [0.5, 0.6) is 0 Å². The summed E-state index contributed by atoms with van der Waals surface area (Å²) in [7, 11) is 0. The molecule has 2 fully saturated rings. The fourth-order valence-electron chi connectivity index (χ4n) is 5.33. The van der Waals surface area contributed by atoms with Crippen molar-refractivity contribution in [1.29, 1.82) is 0 Å². The van der Waals surface area contributed by atoms with Crippen LogP contribution >= 0.6 is 11.6 Å². The summed E-state index contributed by atoms with van der Waals surface area (Å²) in [5.41, 5.74) is 1.84. The number of hydrogen-bond donors (Lipinski definition) is 3. The van der Waals surface area contributed by atoms with Gasteiger partial charge in [-0.3, -0.25) is 19.4 Å². The van der Waals surface area contributed by atoms with E-state index < -0.39 is 24.2 Å². The lowest BCUT2D eigenvalue weighted by atomic mass is 10.0. The molecule has 2 aromatic rings. The summed E-state index contributed by atoms with van der Waals surface area (Å²) >= 11 is 6.22. The highest BCUT2D eigenvalue weighted by Gasteiger charge is 2.39. The zero-order valence-electron chi connectivity index (χ0n) is 23.6.